The zero-order valence-electron chi connectivity index (χ0n) is 9.44. The fourth-order valence-corrected chi connectivity index (χ4v) is 2.02. The van der Waals surface area contributed by atoms with Crippen LogP contribution < -0.4 is 4.74 Å². The van der Waals surface area contributed by atoms with E-state index in [0.29, 0.717) is 16.7 Å². The largest absolute Gasteiger partial charge is 0.492 e. The summed E-state index contributed by atoms with van der Waals surface area (Å²) in [7, 11) is 0. The van der Waals surface area contributed by atoms with Gasteiger partial charge >= 0.3 is 0 Å². The van der Waals surface area contributed by atoms with Crippen LogP contribution in [0.25, 0.3) is 0 Å². The highest BCUT2D eigenvalue weighted by Gasteiger charge is 2.09. The van der Waals surface area contributed by atoms with Gasteiger partial charge in [-0.2, -0.15) is 0 Å². The lowest BCUT2D eigenvalue weighted by molar-refractivity contribution is 0.337. The first-order valence-electron chi connectivity index (χ1n) is 5.19. The highest BCUT2D eigenvalue weighted by molar-refractivity contribution is 6.35. The smallest absolute Gasteiger partial charge is 0.141 e. The first-order valence-corrected chi connectivity index (χ1v) is 5.95. The predicted molar refractivity (Wildman–Crippen MR) is 69.4 cm³/mol. The van der Waals surface area contributed by atoms with Gasteiger partial charge in [-0.05, 0) is 38.0 Å². The van der Waals surface area contributed by atoms with Crippen LogP contribution in [0.15, 0.2) is 12.1 Å². The van der Waals surface area contributed by atoms with E-state index < -0.39 is 0 Å². The van der Waals surface area contributed by atoms with Gasteiger partial charge in [-0.1, -0.05) is 23.2 Å². The molecule has 1 aromatic rings. The van der Waals surface area contributed by atoms with Crippen LogP contribution in [0.3, 0.4) is 0 Å². The maximum atomic E-state index is 6.08. The molecule has 1 aromatic carbocycles. The lowest BCUT2D eigenvalue weighted by atomic mass is 10.1. The summed E-state index contributed by atoms with van der Waals surface area (Å²) in [5.74, 6) is 6.60. The molecule has 0 radical (unpaired) electrons. The molecular weight excluding hydrogens is 243 g/mol. The van der Waals surface area contributed by atoms with E-state index in [9.17, 15) is 0 Å². The molecule has 1 nitrogen and oxygen atoms in total. The van der Waals surface area contributed by atoms with Crippen molar-refractivity contribution >= 4 is 23.2 Å². The van der Waals surface area contributed by atoms with Gasteiger partial charge in [0.2, 0.25) is 0 Å². The summed E-state index contributed by atoms with van der Waals surface area (Å²) >= 11 is 12.0. The van der Waals surface area contributed by atoms with E-state index in [1.54, 1.807) is 6.07 Å². The molecule has 0 amide bonds. The van der Waals surface area contributed by atoms with Crippen LogP contribution in [-0.2, 0) is 6.42 Å². The number of aryl methyl sites for hydroxylation is 1. The summed E-state index contributed by atoms with van der Waals surface area (Å²) in [6, 6.07) is 3.58. The molecule has 0 heterocycles. The van der Waals surface area contributed by atoms with E-state index in [0.717, 1.165) is 24.2 Å². The van der Waals surface area contributed by atoms with Crippen LogP contribution in [0.1, 0.15) is 25.8 Å². The third-order valence-electron chi connectivity index (χ3n) is 2.07. The van der Waals surface area contributed by atoms with E-state index in [1.807, 2.05) is 19.9 Å². The van der Waals surface area contributed by atoms with Crippen molar-refractivity contribution in [2.24, 2.45) is 0 Å². The predicted octanol–water partition coefficient (Wildman–Crippen LogP) is 4.35. The zero-order valence-corrected chi connectivity index (χ0v) is 11.0. The van der Waals surface area contributed by atoms with Crippen molar-refractivity contribution in [1.82, 2.24) is 0 Å². The van der Waals surface area contributed by atoms with Crippen molar-refractivity contribution in [3.63, 3.8) is 0 Å². The first-order chi connectivity index (χ1) is 7.69. The summed E-state index contributed by atoms with van der Waals surface area (Å²) < 4.78 is 5.51. The number of benzene rings is 1. The van der Waals surface area contributed by atoms with E-state index >= 15 is 0 Å². The first kappa shape index (κ1) is 13.2. The van der Waals surface area contributed by atoms with Gasteiger partial charge in [0.1, 0.15) is 5.75 Å². The minimum absolute atomic E-state index is 0.564. The Kier molecular flexibility index (Phi) is 5.52. The molecule has 0 N–H and O–H groups in total. The minimum atomic E-state index is 0.564. The Balaban J connectivity index is 2.96. The van der Waals surface area contributed by atoms with Crippen molar-refractivity contribution < 1.29 is 4.74 Å². The maximum absolute atomic E-state index is 6.08. The number of ether oxygens (including phenoxy) is 1. The summed E-state index contributed by atoms with van der Waals surface area (Å²) in [4.78, 5) is 0. The Morgan fingerprint density at radius 3 is 2.69 bits per heavy atom. The Hall–Kier alpha value is -0.840. The van der Waals surface area contributed by atoms with Crippen molar-refractivity contribution in [2.45, 2.75) is 26.7 Å². The summed E-state index contributed by atoms with van der Waals surface area (Å²) in [6.45, 7) is 4.35. The molecule has 0 aliphatic rings. The van der Waals surface area contributed by atoms with Crippen molar-refractivity contribution in [3.05, 3.63) is 27.7 Å². The Morgan fingerprint density at radius 1 is 1.31 bits per heavy atom. The van der Waals surface area contributed by atoms with E-state index in [-0.39, 0.29) is 0 Å². The number of hydrogen-bond acceptors (Lipinski definition) is 1. The second-order valence-corrected chi connectivity index (χ2v) is 4.08. The van der Waals surface area contributed by atoms with Crippen LogP contribution >= 0.6 is 23.2 Å². The lowest BCUT2D eigenvalue weighted by Gasteiger charge is -2.11. The minimum Gasteiger partial charge on any atom is -0.492 e. The molecule has 16 heavy (non-hydrogen) atoms. The molecule has 0 atom stereocenters. The molecule has 0 bridgehead atoms. The van der Waals surface area contributed by atoms with Gasteiger partial charge in [-0.25, -0.2) is 0 Å². The molecule has 0 aromatic heterocycles. The third kappa shape index (κ3) is 3.63. The molecule has 1 rings (SSSR count). The van der Waals surface area contributed by atoms with Gasteiger partial charge < -0.3 is 4.74 Å². The molecule has 0 aliphatic heterocycles. The van der Waals surface area contributed by atoms with E-state index in [4.69, 9.17) is 27.9 Å². The fraction of sp³-hybridized carbons (Fsp3) is 0.385. The average Bonchev–Trinajstić information content (AvgIpc) is 2.23. The van der Waals surface area contributed by atoms with Gasteiger partial charge in [0.05, 0.1) is 11.6 Å². The highest BCUT2D eigenvalue weighted by Crippen LogP contribution is 2.33. The highest BCUT2D eigenvalue weighted by atomic mass is 35.5. The summed E-state index contributed by atoms with van der Waals surface area (Å²) in [6.07, 6.45) is 1.59. The molecular formula is C13H14Cl2O. The zero-order chi connectivity index (χ0) is 12.0. The Bertz CT molecular complexity index is 416. The molecule has 0 saturated heterocycles. The molecule has 0 unspecified atom stereocenters. The van der Waals surface area contributed by atoms with Crippen LogP contribution in [0.4, 0.5) is 0 Å². The number of hydrogen-bond donors (Lipinski definition) is 0. The van der Waals surface area contributed by atoms with Gasteiger partial charge in [0, 0.05) is 11.4 Å². The van der Waals surface area contributed by atoms with Crippen LogP contribution in [-0.4, -0.2) is 6.61 Å². The van der Waals surface area contributed by atoms with Gasteiger partial charge in [0.15, 0.2) is 0 Å². The van der Waals surface area contributed by atoms with Crippen LogP contribution in [0, 0.1) is 11.8 Å². The van der Waals surface area contributed by atoms with Crippen LogP contribution in [0.5, 0.6) is 5.75 Å². The van der Waals surface area contributed by atoms with Crippen molar-refractivity contribution in [3.8, 4) is 17.6 Å². The van der Waals surface area contributed by atoms with Crippen molar-refractivity contribution in [2.75, 3.05) is 6.61 Å². The monoisotopic (exact) mass is 256 g/mol. The van der Waals surface area contributed by atoms with E-state index in [2.05, 4.69) is 11.8 Å². The van der Waals surface area contributed by atoms with Gasteiger partial charge in [-0.3, -0.25) is 0 Å². The normalized spacial score (nSPS) is 9.50. The maximum Gasteiger partial charge on any atom is 0.141 e. The van der Waals surface area contributed by atoms with E-state index in [1.165, 1.54) is 0 Å². The topological polar surface area (TPSA) is 9.23 Å². The molecule has 0 spiro atoms. The molecule has 0 saturated carbocycles. The summed E-state index contributed by atoms with van der Waals surface area (Å²) in [5.41, 5.74) is 1.02. The average molecular weight is 257 g/mol. The fourth-order valence-electron chi connectivity index (χ4n) is 1.43. The lowest BCUT2D eigenvalue weighted by Crippen LogP contribution is -1.98. The second-order valence-electron chi connectivity index (χ2n) is 3.24. The third-order valence-corrected chi connectivity index (χ3v) is 2.57. The molecule has 0 aliphatic carbocycles. The van der Waals surface area contributed by atoms with Crippen LogP contribution in [0.2, 0.25) is 10.0 Å². The van der Waals surface area contributed by atoms with Crippen molar-refractivity contribution in [1.29, 1.82) is 0 Å². The standard InChI is InChI=1S/C13H14Cl2O/c1-3-5-6-7-10-8-11(14)9-12(15)13(10)16-4-2/h8-9H,4,6-7H2,1-2H3. The number of rotatable bonds is 4. The Morgan fingerprint density at radius 2 is 2.06 bits per heavy atom. The molecule has 0 fully saturated rings. The van der Waals surface area contributed by atoms with Gasteiger partial charge in [0.25, 0.3) is 0 Å². The molecule has 3 heteroatoms. The Labute approximate surface area is 107 Å². The quantitative estimate of drug-likeness (QED) is 0.728. The van der Waals surface area contributed by atoms with Gasteiger partial charge in [-0.15, -0.1) is 11.8 Å². The number of halogens is 2. The SMILES string of the molecule is CC#CCCc1cc(Cl)cc(Cl)c1OCC. The summed E-state index contributed by atoms with van der Waals surface area (Å²) in [5, 5.41) is 1.20. The second kappa shape index (κ2) is 6.68. The molecule has 86 valence electrons.